The van der Waals surface area contributed by atoms with Gasteiger partial charge >= 0.3 is 0 Å². The summed E-state index contributed by atoms with van der Waals surface area (Å²) in [6.45, 7) is 6.63. The molecule has 6 heteroatoms. The molecule has 0 saturated heterocycles. The number of sulfonamides is 1. The van der Waals surface area contributed by atoms with Crippen LogP contribution in [0.25, 0.3) is 0 Å². The number of hydrogen-bond donors (Lipinski definition) is 2. The minimum atomic E-state index is -3.61. The van der Waals surface area contributed by atoms with Gasteiger partial charge in [0.1, 0.15) is 0 Å². The van der Waals surface area contributed by atoms with Gasteiger partial charge in [0.15, 0.2) is 5.03 Å². The van der Waals surface area contributed by atoms with E-state index in [1.165, 1.54) is 6.20 Å². The van der Waals surface area contributed by atoms with Gasteiger partial charge in [-0.2, -0.15) is 0 Å². The maximum Gasteiger partial charge on any atom is 0.260 e. The van der Waals surface area contributed by atoms with Gasteiger partial charge in [0.25, 0.3) is 10.0 Å². The van der Waals surface area contributed by atoms with E-state index < -0.39 is 15.6 Å². The highest BCUT2D eigenvalue weighted by atomic mass is 32.2. The molecule has 2 N–H and O–H groups in total. The van der Waals surface area contributed by atoms with E-state index in [0.717, 1.165) is 25.8 Å². The molecule has 1 aliphatic rings. The molecule has 1 saturated carbocycles. The molecule has 1 aliphatic carbocycles. The molecule has 1 aromatic rings. The molecule has 0 bridgehead atoms. The summed E-state index contributed by atoms with van der Waals surface area (Å²) >= 11 is 0. The number of nitrogens with one attached hydrogen (secondary N) is 2. The van der Waals surface area contributed by atoms with E-state index in [9.17, 15) is 8.42 Å². The molecule has 0 unspecified atom stereocenters. The van der Waals surface area contributed by atoms with Gasteiger partial charge in [-0.05, 0) is 51.2 Å². The van der Waals surface area contributed by atoms with Gasteiger partial charge in [-0.1, -0.05) is 6.92 Å². The van der Waals surface area contributed by atoms with Crippen molar-refractivity contribution >= 4 is 15.7 Å². The van der Waals surface area contributed by atoms with Crippen molar-refractivity contribution in [1.82, 2.24) is 9.71 Å². The molecule has 1 heterocycles. The monoisotopic (exact) mass is 297 g/mol. The van der Waals surface area contributed by atoms with Crippen LogP contribution in [-0.4, -0.2) is 25.5 Å². The Morgan fingerprint density at radius 3 is 2.70 bits per heavy atom. The highest BCUT2D eigenvalue weighted by molar-refractivity contribution is 7.89. The van der Waals surface area contributed by atoms with Crippen molar-refractivity contribution < 1.29 is 8.42 Å². The van der Waals surface area contributed by atoms with E-state index >= 15 is 0 Å². The molecule has 1 aromatic heterocycles. The Morgan fingerprint density at radius 2 is 2.10 bits per heavy atom. The number of nitrogens with zero attached hydrogens (tertiary/aromatic N) is 1. The minimum Gasteiger partial charge on any atom is -0.383 e. The van der Waals surface area contributed by atoms with Gasteiger partial charge in [-0.15, -0.1) is 0 Å². The molecule has 1 fully saturated rings. The van der Waals surface area contributed by atoms with Crippen molar-refractivity contribution in [2.45, 2.75) is 50.6 Å². The molecule has 0 atom stereocenters. The van der Waals surface area contributed by atoms with Gasteiger partial charge < -0.3 is 5.32 Å². The lowest BCUT2D eigenvalue weighted by atomic mass is 10.0. The molecule has 0 radical (unpaired) electrons. The molecule has 20 heavy (non-hydrogen) atoms. The summed E-state index contributed by atoms with van der Waals surface area (Å²) in [4.78, 5) is 4.05. The molecule has 0 aliphatic heterocycles. The highest BCUT2D eigenvalue weighted by Gasteiger charge is 2.41. The Bertz CT molecular complexity index is 566. The Labute approximate surface area is 121 Å². The van der Waals surface area contributed by atoms with Crippen molar-refractivity contribution in [3.8, 4) is 0 Å². The van der Waals surface area contributed by atoms with E-state index in [1.807, 2.05) is 20.8 Å². The standard InChI is InChI=1S/C14H23N3O2S/c1-4-9-15-12-6-5-10-16-13(12)20(18,19)17-14(2,3)11-7-8-11/h5-6,10-11,15,17H,4,7-9H2,1-3H3. The van der Waals surface area contributed by atoms with E-state index in [0.29, 0.717) is 11.6 Å². The van der Waals surface area contributed by atoms with Crippen molar-refractivity contribution in [2.24, 2.45) is 5.92 Å². The van der Waals surface area contributed by atoms with E-state index in [4.69, 9.17) is 0 Å². The first-order valence-corrected chi connectivity index (χ1v) is 8.58. The lowest BCUT2D eigenvalue weighted by Crippen LogP contribution is -2.45. The number of pyridine rings is 1. The second-order valence-corrected chi connectivity index (χ2v) is 7.48. The average Bonchev–Trinajstić information content (AvgIpc) is 3.20. The summed E-state index contributed by atoms with van der Waals surface area (Å²) < 4.78 is 27.9. The molecule has 2 rings (SSSR count). The van der Waals surface area contributed by atoms with E-state index in [1.54, 1.807) is 12.1 Å². The first-order chi connectivity index (χ1) is 9.37. The normalized spacial score (nSPS) is 16.1. The fourth-order valence-corrected chi connectivity index (χ4v) is 3.87. The Morgan fingerprint density at radius 1 is 1.40 bits per heavy atom. The minimum absolute atomic E-state index is 0.0853. The maximum atomic E-state index is 12.6. The Balaban J connectivity index is 2.24. The number of rotatable bonds is 7. The Hall–Kier alpha value is -1.14. The fourth-order valence-electron chi connectivity index (χ4n) is 2.28. The van der Waals surface area contributed by atoms with Gasteiger partial charge in [0, 0.05) is 18.3 Å². The number of hydrogen-bond acceptors (Lipinski definition) is 4. The van der Waals surface area contributed by atoms with Gasteiger partial charge in [-0.3, -0.25) is 0 Å². The summed E-state index contributed by atoms with van der Waals surface area (Å²) in [6, 6.07) is 3.49. The van der Waals surface area contributed by atoms with Crippen LogP contribution >= 0.6 is 0 Å². The second-order valence-electron chi connectivity index (χ2n) is 5.88. The summed E-state index contributed by atoms with van der Waals surface area (Å²) in [6.07, 6.45) is 4.60. The van der Waals surface area contributed by atoms with Crippen molar-refractivity contribution in [1.29, 1.82) is 0 Å². The summed E-state index contributed by atoms with van der Waals surface area (Å²) in [5.41, 5.74) is 0.145. The van der Waals surface area contributed by atoms with Crippen LogP contribution in [0.3, 0.4) is 0 Å². The van der Waals surface area contributed by atoms with Crippen molar-refractivity contribution in [3.05, 3.63) is 18.3 Å². The molecule has 5 nitrogen and oxygen atoms in total. The number of aromatic nitrogens is 1. The zero-order valence-corrected chi connectivity index (χ0v) is 13.1. The highest BCUT2D eigenvalue weighted by Crippen LogP contribution is 2.40. The molecule has 0 spiro atoms. The van der Waals surface area contributed by atoms with Crippen LogP contribution in [0, 0.1) is 5.92 Å². The van der Waals surface area contributed by atoms with Crippen molar-refractivity contribution in [3.63, 3.8) is 0 Å². The van der Waals surface area contributed by atoms with E-state index in [-0.39, 0.29) is 5.03 Å². The van der Waals surface area contributed by atoms with Crippen LogP contribution in [0.1, 0.15) is 40.0 Å². The summed E-state index contributed by atoms with van der Waals surface area (Å²) in [5.74, 6) is 0.424. The van der Waals surface area contributed by atoms with E-state index in [2.05, 4.69) is 15.0 Å². The van der Waals surface area contributed by atoms with Gasteiger partial charge in [0.05, 0.1) is 5.69 Å². The largest absolute Gasteiger partial charge is 0.383 e. The summed E-state index contributed by atoms with van der Waals surface area (Å²) in [5, 5.41) is 3.20. The first kappa shape index (κ1) is 15.3. The van der Waals surface area contributed by atoms with Crippen molar-refractivity contribution in [2.75, 3.05) is 11.9 Å². The third-order valence-electron chi connectivity index (χ3n) is 3.59. The smallest absolute Gasteiger partial charge is 0.260 e. The molecular formula is C14H23N3O2S. The SMILES string of the molecule is CCCNc1cccnc1S(=O)(=O)NC(C)(C)C1CC1. The van der Waals surface area contributed by atoms with Crippen LogP contribution in [0.5, 0.6) is 0 Å². The van der Waals surface area contributed by atoms with Crippen LogP contribution in [-0.2, 0) is 10.0 Å². The zero-order chi connectivity index (χ0) is 14.8. The Kier molecular flexibility index (Phi) is 4.34. The molecule has 112 valence electrons. The predicted octanol–water partition coefficient (Wildman–Crippen LogP) is 2.37. The predicted molar refractivity (Wildman–Crippen MR) is 80.1 cm³/mol. The topological polar surface area (TPSA) is 71.1 Å². The lowest BCUT2D eigenvalue weighted by molar-refractivity contribution is 0.400. The third-order valence-corrected chi connectivity index (χ3v) is 5.22. The summed E-state index contributed by atoms with van der Waals surface area (Å²) in [7, 11) is -3.61. The lowest BCUT2D eigenvalue weighted by Gasteiger charge is -2.26. The van der Waals surface area contributed by atoms with Crippen LogP contribution in [0.2, 0.25) is 0 Å². The number of anilines is 1. The molecule has 0 aromatic carbocycles. The van der Waals surface area contributed by atoms with Gasteiger partial charge in [-0.25, -0.2) is 18.1 Å². The fraction of sp³-hybridized carbons (Fsp3) is 0.643. The van der Waals surface area contributed by atoms with Crippen LogP contribution in [0.4, 0.5) is 5.69 Å². The molecular weight excluding hydrogens is 274 g/mol. The first-order valence-electron chi connectivity index (χ1n) is 7.09. The average molecular weight is 297 g/mol. The second kappa shape index (κ2) is 5.69. The third kappa shape index (κ3) is 3.49. The quantitative estimate of drug-likeness (QED) is 0.810. The zero-order valence-electron chi connectivity index (χ0n) is 12.3. The van der Waals surface area contributed by atoms with Gasteiger partial charge in [0.2, 0.25) is 0 Å². The van der Waals surface area contributed by atoms with Crippen LogP contribution in [0.15, 0.2) is 23.4 Å². The maximum absolute atomic E-state index is 12.6. The van der Waals surface area contributed by atoms with Crippen LogP contribution < -0.4 is 10.0 Å². The molecule has 0 amide bonds.